The number of pyridine rings is 2. The van der Waals surface area contributed by atoms with E-state index < -0.39 is 11.9 Å². The number of hydrogen-bond acceptors (Lipinski definition) is 5. The van der Waals surface area contributed by atoms with Crippen molar-refractivity contribution in [3.8, 4) is 5.75 Å². The van der Waals surface area contributed by atoms with Crippen molar-refractivity contribution < 1.29 is 18.3 Å². The molecule has 1 amide bonds. The number of ether oxygens (including phenoxy) is 1. The second kappa shape index (κ2) is 7.23. The maximum absolute atomic E-state index is 13.2. The Labute approximate surface area is 150 Å². The van der Waals surface area contributed by atoms with Gasteiger partial charge in [-0.25, -0.2) is 4.98 Å². The molecule has 26 heavy (non-hydrogen) atoms. The number of nitrogens with zero attached hydrogens (tertiary/aromatic N) is 2. The number of methoxy groups -OCH3 is 1. The fourth-order valence-corrected chi connectivity index (χ4v) is 3.14. The van der Waals surface area contributed by atoms with Crippen LogP contribution in [-0.4, -0.2) is 28.5 Å². The summed E-state index contributed by atoms with van der Waals surface area (Å²) in [6.45, 7) is 2.01. The van der Waals surface area contributed by atoms with Crippen LogP contribution in [0.5, 0.6) is 5.75 Å². The lowest BCUT2D eigenvalue weighted by atomic mass is 10.0. The predicted molar refractivity (Wildman–Crippen MR) is 92.6 cm³/mol. The van der Waals surface area contributed by atoms with Crippen LogP contribution in [0.2, 0.25) is 0 Å². The largest absolute Gasteiger partial charge is 0.494 e. The first-order chi connectivity index (χ1) is 12.4. The first-order valence-electron chi connectivity index (χ1n) is 8.36. The van der Waals surface area contributed by atoms with Crippen LogP contribution in [0.3, 0.4) is 0 Å². The van der Waals surface area contributed by atoms with Crippen LogP contribution in [0, 0.1) is 11.9 Å². The Morgan fingerprint density at radius 3 is 2.42 bits per heavy atom. The molecule has 1 fully saturated rings. The van der Waals surface area contributed by atoms with Gasteiger partial charge in [-0.05, 0) is 31.9 Å². The minimum absolute atomic E-state index is 0.112. The molecule has 2 heterocycles. The molecule has 0 aromatic carbocycles. The summed E-state index contributed by atoms with van der Waals surface area (Å²) in [4.78, 5) is 20.0. The summed E-state index contributed by atoms with van der Waals surface area (Å²) in [5.74, 6) is -1.66. The standard InChI is InChI=1S/C18H20F2N4O2/c1-18(7-3-4-8-18)24-17(25)16-12(26-2)5-6-15(23-16)21-11-9-13(19)22-14(20)10-11/h5-6,9-10H,3-4,7-8H2,1-2H3,(H,24,25)(H,21,22,23). The Hall–Kier alpha value is -2.77. The highest BCUT2D eigenvalue weighted by atomic mass is 19.1. The Morgan fingerprint density at radius 2 is 1.81 bits per heavy atom. The maximum Gasteiger partial charge on any atom is 0.274 e. The smallest absolute Gasteiger partial charge is 0.274 e. The van der Waals surface area contributed by atoms with E-state index in [1.54, 1.807) is 12.1 Å². The first kappa shape index (κ1) is 18.0. The molecule has 8 heteroatoms. The van der Waals surface area contributed by atoms with E-state index in [2.05, 4.69) is 20.6 Å². The summed E-state index contributed by atoms with van der Waals surface area (Å²) >= 11 is 0. The Bertz CT molecular complexity index is 803. The summed E-state index contributed by atoms with van der Waals surface area (Å²) in [5.41, 5.74) is -0.00713. The first-order valence-corrected chi connectivity index (χ1v) is 8.36. The van der Waals surface area contributed by atoms with Gasteiger partial charge in [0.25, 0.3) is 5.91 Å². The molecule has 0 radical (unpaired) electrons. The molecule has 0 spiro atoms. The van der Waals surface area contributed by atoms with Crippen LogP contribution in [0.1, 0.15) is 43.1 Å². The molecule has 6 nitrogen and oxygen atoms in total. The van der Waals surface area contributed by atoms with Gasteiger partial charge in [-0.2, -0.15) is 13.8 Å². The van der Waals surface area contributed by atoms with Gasteiger partial charge < -0.3 is 15.4 Å². The normalized spacial score (nSPS) is 15.5. The second-order valence-electron chi connectivity index (χ2n) is 6.60. The van der Waals surface area contributed by atoms with Crippen molar-refractivity contribution in [2.75, 3.05) is 12.4 Å². The third-order valence-corrected chi connectivity index (χ3v) is 4.45. The Morgan fingerprint density at radius 1 is 1.15 bits per heavy atom. The summed E-state index contributed by atoms with van der Waals surface area (Å²) in [7, 11) is 1.45. The van der Waals surface area contributed by atoms with Crippen molar-refractivity contribution in [1.29, 1.82) is 0 Å². The monoisotopic (exact) mass is 362 g/mol. The van der Waals surface area contributed by atoms with Gasteiger partial charge in [-0.3, -0.25) is 4.79 Å². The molecular formula is C18H20F2N4O2. The number of hydrogen-bond donors (Lipinski definition) is 2. The zero-order valence-corrected chi connectivity index (χ0v) is 14.6. The van der Waals surface area contributed by atoms with E-state index in [1.807, 2.05) is 6.92 Å². The third-order valence-electron chi connectivity index (χ3n) is 4.45. The topological polar surface area (TPSA) is 76.1 Å². The fraction of sp³-hybridized carbons (Fsp3) is 0.389. The van der Waals surface area contributed by atoms with Crippen molar-refractivity contribution in [3.05, 3.63) is 41.9 Å². The number of carbonyl (C=O) groups is 1. The molecule has 1 aliphatic carbocycles. The highest BCUT2D eigenvalue weighted by Crippen LogP contribution is 2.30. The number of anilines is 2. The van der Waals surface area contributed by atoms with Gasteiger partial charge in [0.2, 0.25) is 11.9 Å². The maximum atomic E-state index is 13.2. The van der Waals surface area contributed by atoms with Crippen molar-refractivity contribution in [2.24, 2.45) is 0 Å². The Balaban J connectivity index is 1.85. The average Bonchev–Trinajstić information content (AvgIpc) is 3.00. The van der Waals surface area contributed by atoms with Crippen LogP contribution < -0.4 is 15.4 Å². The molecular weight excluding hydrogens is 342 g/mol. The number of nitrogens with one attached hydrogen (secondary N) is 2. The van der Waals surface area contributed by atoms with Gasteiger partial charge in [0, 0.05) is 23.4 Å². The SMILES string of the molecule is COc1ccc(Nc2cc(F)nc(F)c2)nc1C(=O)NC1(C)CCCC1. The average molecular weight is 362 g/mol. The zero-order valence-electron chi connectivity index (χ0n) is 14.6. The van der Waals surface area contributed by atoms with Gasteiger partial charge in [-0.1, -0.05) is 12.8 Å². The molecule has 0 atom stereocenters. The molecule has 2 N–H and O–H groups in total. The number of carbonyl (C=O) groups excluding carboxylic acids is 1. The predicted octanol–water partition coefficient (Wildman–Crippen LogP) is 3.57. The van der Waals surface area contributed by atoms with E-state index >= 15 is 0 Å². The lowest BCUT2D eigenvalue weighted by molar-refractivity contribution is 0.0899. The molecule has 1 saturated carbocycles. The molecule has 0 aliphatic heterocycles. The number of aromatic nitrogens is 2. The van der Waals surface area contributed by atoms with Crippen molar-refractivity contribution in [2.45, 2.75) is 38.1 Å². The van der Waals surface area contributed by atoms with Crippen molar-refractivity contribution in [1.82, 2.24) is 15.3 Å². The molecule has 2 aromatic rings. The lowest BCUT2D eigenvalue weighted by Crippen LogP contribution is -2.44. The molecule has 0 bridgehead atoms. The van der Waals surface area contributed by atoms with Crippen molar-refractivity contribution in [3.63, 3.8) is 0 Å². The highest BCUT2D eigenvalue weighted by molar-refractivity contribution is 5.96. The van der Waals surface area contributed by atoms with Crippen LogP contribution >= 0.6 is 0 Å². The molecule has 1 aliphatic rings. The van der Waals surface area contributed by atoms with Gasteiger partial charge in [-0.15, -0.1) is 0 Å². The van der Waals surface area contributed by atoms with Crippen LogP contribution in [0.15, 0.2) is 24.3 Å². The second-order valence-corrected chi connectivity index (χ2v) is 6.60. The van der Waals surface area contributed by atoms with E-state index in [0.717, 1.165) is 37.8 Å². The summed E-state index contributed by atoms with van der Waals surface area (Å²) in [6, 6.07) is 5.21. The molecule has 0 unspecified atom stereocenters. The van der Waals surface area contributed by atoms with Gasteiger partial charge in [0.15, 0.2) is 5.69 Å². The summed E-state index contributed by atoms with van der Waals surface area (Å²) < 4.78 is 31.7. The van der Waals surface area contributed by atoms with Crippen molar-refractivity contribution >= 4 is 17.4 Å². The number of amides is 1. The minimum Gasteiger partial charge on any atom is -0.494 e. The van der Waals surface area contributed by atoms with E-state index in [1.165, 1.54) is 7.11 Å². The van der Waals surface area contributed by atoms with Gasteiger partial charge in [0.1, 0.15) is 11.6 Å². The zero-order chi connectivity index (χ0) is 18.7. The van der Waals surface area contributed by atoms with E-state index in [9.17, 15) is 13.6 Å². The summed E-state index contributed by atoms with van der Waals surface area (Å²) in [6.07, 6.45) is 3.97. The van der Waals surface area contributed by atoms with Crippen LogP contribution in [-0.2, 0) is 0 Å². The number of halogens is 2. The summed E-state index contributed by atoms with van der Waals surface area (Å²) in [5, 5.41) is 5.78. The molecule has 0 saturated heterocycles. The minimum atomic E-state index is -0.951. The third kappa shape index (κ3) is 4.07. The lowest BCUT2D eigenvalue weighted by Gasteiger charge is -2.25. The van der Waals surface area contributed by atoms with E-state index in [-0.39, 0.29) is 28.6 Å². The van der Waals surface area contributed by atoms with E-state index in [0.29, 0.717) is 5.75 Å². The highest BCUT2D eigenvalue weighted by Gasteiger charge is 2.31. The van der Waals surface area contributed by atoms with Gasteiger partial charge >= 0.3 is 0 Å². The molecule has 138 valence electrons. The van der Waals surface area contributed by atoms with E-state index in [4.69, 9.17) is 4.74 Å². The quantitative estimate of drug-likeness (QED) is 0.796. The van der Waals surface area contributed by atoms with Gasteiger partial charge in [0.05, 0.1) is 7.11 Å². The molecule has 2 aromatic heterocycles. The Kier molecular flexibility index (Phi) is 5.01. The van der Waals surface area contributed by atoms with Crippen LogP contribution in [0.25, 0.3) is 0 Å². The molecule has 3 rings (SSSR count). The number of rotatable bonds is 5. The van der Waals surface area contributed by atoms with Crippen LogP contribution in [0.4, 0.5) is 20.3 Å². The fourth-order valence-electron chi connectivity index (χ4n) is 3.14.